The van der Waals surface area contributed by atoms with Crippen molar-refractivity contribution in [3.8, 4) is 0 Å². The number of aromatic nitrogens is 2. The molecule has 2 bridgehead atoms. The van der Waals surface area contributed by atoms with Gasteiger partial charge in [0.2, 0.25) is 0 Å². The standard InChI is InChI=1S/C18H19N5O/c1-19-9-11-3-6-15-16(10-24)22-23(18(15)17(11)20-2)14-7-12-4-5-13(8-14)21-12/h3,6-7,9-10,12-13,21H,1,4-5,8H2,2H3/b11-9-,20-17?. The highest BCUT2D eigenvalue weighted by atomic mass is 16.1. The van der Waals surface area contributed by atoms with Gasteiger partial charge in [0.1, 0.15) is 11.4 Å². The third-order valence-electron chi connectivity index (χ3n) is 4.84. The van der Waals surface area contributed by atoms with Crippen LogP contribution >= 0.6 is 0 Å². The molecule has 0 amide bonds. The molecule has 0 radical (unpaired) electrons. The summed E-state index contributed by atoms with van der Waals surface area (Å²) in [5, 5.41) is 8.15. The van der Waals surface area contributed by atoms with Gasteiger partial charge in [0.15, 0.2) is 6.29 Å². The van der Waals surface area contributed by atoms with Crippen molar-refractivity contribution in [2.45, 2.75) is 31.3 Å². The van der Waals surface area contributed by atoms with Crippen LogP contribution in [0.25, 0.3) is 11.8 Å². The molecular weight excluding hydrogens is 302 g/mol. The van der Waals surface area contributed by atoms with Crippen LogP contribution in [0.4, 0.5) is 0 Å². The SMILES string of the molecule is C=N/C=C1/C=Cc2c(C=O)nn(C3=CC4CCC(C3)N4)c2C1=NC. The minimum absolute atomic E-state index is 0.393. The molecule has 6 heteroatoms. The molecule has 1 N–H and O–H groups in total. The van der Waals surface area contributed by atoms with Gasteiger partial charge in [0.25, 0.3) is 0 Å². The summed E-state index contributed by atoms with van der Waals surface area (Å²) in [5.41, 5.74) is 4.92. The van der Waals surface area contributed by atoms with Gasteiger partial charge in [-0.05, 0) is 31.7 Å². The lowest BCUT2D eigenvalue weighted by Gasteiger charge is -2.23. The number of hydrogen-bond acceptors (Lipinski definition) is 5. The fraction of sp³-hybridized carbons (Fsp3) is 0.333. The van der Waals surface area contributed by atoms with E-state index in [0.717, 1.165) is 47.4 Å². The molecular formula is C18H19N5O. The maximum absolute atomic E-state index is 11.5. The van der Waals surface area contributed by atoms with Gasteiger partial charge >= 0.3 is 0 Å². The predicted octanol–water partition coefficient (Wildman–Crippen LogP) is 2.09. The second-order valence-electron chi connectivity index (χ2n) is 6.26. The van der Waals surface area contributed by atoms with Crippen molar-refractivity contribution in [2.24, 2.45) is 9.98 Å². The molecule has 0 saturated carbocycles. The van der Waals surface area contributed by atoms with Gasteiger partial charge < -0.3 is 5.32 Å². The van der Waals surface area contributed by atoms with E-state index in [1.54, 1.807) is 13.2 Å². The van der Waals surface area contributed by atoms with Crippen molar-refractivity contribution in [3.63, 3.8) is 0 Å². The van der Waals surface area contributed by atoms with Gasteiger partial charge in [0, 0.05) is 48.6 Å². The Morgan fingerprint density at radius 3 is 3.00 bits per heavy atom. The molecule has 1 fully saturated rings. The average molecular weight is 321 g/mol. The highest BCUT2D eigenvalue weighted by Crippen LogP contribution is 2.33. The topological polar surface area (TPSA) is 71.6 Å². The van der Waals surface area contributed by atoms with Gasteiger partial charge in [-0.1, -0.05) is 6.08 Å². The van der Waals surface area contributed by atoms with E-state index in [1.165, 1.54) is 6.42 Å². The van der Waals surface area contributed by atoms with E-state index in [9.17, 15) is 4.79 Å². The number of nitrogens with one attached hydrogen (secondary N) is 1. The van der Waals surface area contributed by atoms with E-state index in [0.29, 0.717) is 17.8 Å². The van der Waals surface area contributed by atoms with Crippen LogP contribution in [0, 0.1) is 0 Å². The van der Waals surface area contributed by atoms with Crippen LogP contribution in [0.2, 0.25) is 0 Å². The minimum atomic E-state index is 0.393. The summed E-state index contributed by atoms with van der Waals surface area (Å²) in [4.78, 5) is 19.8. The Morgan fingerprint density at radius 2 is 2.29 bits per heavy atom. The van der Waals surface area contributed by atoms with Crippen molar-refractivity contribution < 1.29 is 4.79 Å². The van der Waals surface area contributed by atoms with Gasteiger partial charge in [-0.2, -0.15) is 5.10 Å². The Bertz CT molecular complexity index is 840. The van der Waals surface area contributed by atoms with Crippen LogP contribution in [0.1, 0.15) is 41.0 Å². The number of aliphatic imine (C=N–C) groups is 2. The molecule has 2 atom stereocenters. The molecule has 122 valence electrons. The smallest absolute Gasteiger partial charge is 0.170 e. The Labute approximate surface area is 140 Å². The summed E-state index contributed by atoms with van der Waals surface area (Å²) in [6.07, 6.45) is 11.8. The van der Waals surface area contributed by atoms with Gasteiger partial charge in [0.05, 0.1) is 5.71 Å². The Morgan fingerprint density at radius 1 is 1.42 bits per heavy atom. The summed E-state index contributed by atoms with van der Waals surface area (Å²) < 4.78 is 1.90. The molecule has 24 heavy (non-hydrogen) atoms. The van der Waals surface area contributed by atoms with Crippen molar-refractivity contribution in [2.75, 3.05) is 7.05 Å². The number of hydrogen-bond donors (Lipinski definition) is 1. The number of nitrogens with zero attached hydrogens (tertiary/aromatic N) is 4. The molecule has 0 aromatic carbocycles. The van der Waals surface area contributed by atoms with E-state index >= 15 is 0 Å². The number of carbonyl (C=O) groups is 1. The molecule has 6 nitrogen and oxygen atoms in total. The van der Waals surface area contributed by atoms with Crippen molar-refractivity contribution in [3.05, 3.63) is 40.9 Å². The largest absolute Gasteiger partial charge is 0.307 e. The van der Waals surface area contributed by atoms with Crippen molar-refractivity contribution in [1.29, 1.82) is 0 Å². The first-order chi connectivity index (χ1) is 11.7. The lowest BCUT2D eigenvalue weighted by molar-refractivity contribution is 0.111. The van der Waals surface area contributed by atoms with Crippen LogP contribution in [-0.4, -0.2) is 47.6 Å². The quantitative estimate of drug-likeness (QED) is 0.684. The van der Waals surface area contributed by atoms with E-state index in [4.69, 9.17) is 0 Å². The maximum Gasteiger partial charge on any atom is 0.170 e. The van der Waals surface area contributed by atoms with Crippen LogP contribution < -0.4 is 5.32 Å². The zero-order valence-corrected chi connectivity index (χ0v) is 13.6. The van der Waals surface area contributed by atoms with E-state index in [-0.39, 0.29) is 0 Å². The fourth-order valence-electron chi connectivity index (χ4n) is 3.81. The first kappa shape index (κ1) is 15.0. The normalized spacial score (nSPS) is 28.1. The van der Waals surface area contributed by atoms with Crippen molar-refractivity contribution in [1.82, 2.24) is 15.1 Å². The molecule has 3 heterocycles. The fourth-order valence-corrected chi connectivity index (χ4v) is 3.81. The second-order valence-corrected chi connectivity index (χ2v) is 6.26. The molecule has 2 aliphatic heterocycles. The van der Waals surface area contributed by atoms with Gasteiger partial charge in [-0.3, -0.25) is 14.8 Å². The summed E-state index contributed by atoms with van der Waals surface area (Å²) in [5.74, 6) is 0. The number of aldehydes is 1. The molecule has 0 spiro atoms. The lowest BCUT2D eigenvalue weighted by atomic mass is 9.96. The highest BCUT2D eigenvalue weighted by molar-refractivity contribution is 6.19. The van der Waals surface area contributed by atoms with Gasteiger partial charge in [-0.15, -0.1) is 0 Å². The summed E-state index contributed by atoms with van der Waals surface area (Å²) in [6, 6.07) is 0.879. The lowest BCUT2D eigenvalue weighted by Crippen LogP contribution is -2.33. The monoisotopic (exact) mass is 321 g/mol. The highest BCUT2D eigenvalue weighted by Gasteiger charge is 2.32. The number of fused-ring (bicyclic) bond motifs is 3. The zero-order chi connectivity index (χ0) is 16.7. The molecule has 2 unspecified atom stereocenters. The number of allylic oxidation sites excluding steroid dienone is 2. The average Bonchev–Trinajstić information content (AvgIpc) is 3.14. The maximum atomic E-state index is 11.5. The Kier molecular flexibility index (Phi) is 3.61. The predicted molar refractivity (Wildman–Crippen MR) is 95.6 cm³/mol. The van der Waals surface area contributed by atoms with Crippen LogP contribution in [0.3, 0.4) is 0 Å². The molecule has 4 rings (SSSR count). The second kappa shape index (κ2) is 5.79. The molecule has 1 aromatic rings. The zero-order valence-electron chi connectivity index (χ0n) is 13.6. The molecule has 1 aromatic heterocycles. The van der Waals surface area contributed by atoms with E-state index < -0.39 is 0 Å². The van der Waals surface area contributed by atoms with Crippen molar-refractivity contribution >= 4 is 30.5 Å². The Hall–Kier alpha value is -2.60. The van der Waals surface area contributed by atoms with Crippen LogP contribution in [-0.2, 0) is 0 Å². The first-order valence-corrected chi connectivity index (χ1v) is 8.12. The minimum Gasteiger partial charge on any atom is -0.307 e. The van der Waals surface area contributed by atoms with E-state index in [2.05, 4.69) is 33.2 Å². The Balaban J connectivity index is 1.90. The third kappa shape index (κ3) is 2.22. The number of carbonyl (C=O) groups excluding carboxylic acids is 1. The summed E-state index contributed by atoms with van der Waals surface area (Å²) in [6.45, 7) is 3.53. The summed E-state index contributed by atoms with van der Waals surface area (Å²) >= 11 is 0. The van der Waals surface area contributed by atoms with Crippen LogP contribution in [0.15, 0.2) is 33.9 Å². The van der Waals surface area contributed by atoms with E-state index in [1.807, 2.05) is 16.8 Å². The third-order valence-corrected chi connectivity index (χ3v) is 4.84. The summed E-state index contributed by atoms with van der Waals surface area (Å²) in [7, 11) is 1.74. The van der Waals surface area contributed by atoms with Crippen LogP contribution in [0.5, 0.6) is 0 Å². The van der Waals surface area contributed by atoms with Gasteiger partial charge in [-0.25, -0.2) is 4.68 Å². The molecule has 1 saturated heterocycles. The first-order valence-electron chi connectivity index (χ1n) is 8.12. The molecule has 1 aliphatic carbocycles. The number of rotatable bonds is 3. The molecule has 3 aliphatic rings.